The van der Waals surface area contributed by atoms with Crippen LogP contribution in [-0.4, -0.2) is 66.7 Å². The summed E-state index contributed by atoms with van der Waals surface area (Å²) < 4.78 is 55.7. The molecule has 1 saturated carbocycles. The van der Waals surface area contributed by atoms with E-state index in [2.05, 4.69) is 18.6 Å². The Morgan fingerprint density at radius 1 is 1.00 bits per heavy atom. The third kappa shape index (κ3) is 9.92. The summed E-state index contributed by atoms with van der Waals surface area (Å²) in [7, 11) is -2.49. The van der Waals surface area contributed by atoms with Crippen molar-refractivity contribution in [1.82, 2.24) is 19.6 Å². The van der Waals surface area contributed by atoms with Gasteiger partial charge in [-0.2, -0.15) is 0 Å². The minimum atomic E-state index is -4.10. The smallest absolute Gasteiger partial charge is 0.240 e. The fraction of sp³-hybridized carbons (Fsp3) is 0.420. The fourth-order valence-corrected chi connectivity index (χ4v) is 11.4. The van der Waals surface area contributed by atoms with Crippen LogP contribution in [0.3, 0.4) is 0 Å². The predicted molar refractivity (Wildman–Crippen MR) is 246 cm³/mol. The lowest BCUT2D eigenvalue weighted by Gasteiger charge is -2.29. The Labute approximate surface area is 378 Å². The molecule has 4 heterocycles. The molecule has 1 aliphatic carbocycles. The minimum absolute atomic E-state index is 0.103. The molecular formula is C50H55FN4O7S2. The summed E-state index contributed by atoms with van der Waals surface area (Å²) in [5, 5.41) is 3.49. The molecule has 5 atom stereocenters. The van der Waals surface area contributed by atoms with Gasteiger partial charge in [-0.25, -0.2) is 22.8 Å². The largest absolute Gasteiger partial charge is 0.496 e. The molecule has 14 heteroatoms. The average molecular weight is 907 g/mol. The van der Waals surface area contributed by atoms with Crippen molar-refractivity contribution in [3.8, 4) is 22.2 Å². The number of methoxy groups -OCH3 is 1. The van der Waals surface area contributed by atoms with E-state index in [1.807, 2.05) is 42.7 Å². The highest BCUT2D eigenvalue weighted by atomic mass is 32.2. The van der Waals surface area contributed by atoms with Crippen LogP contribution in [0.5, 0.6) is 11.5 Å². The van der Waals surface area contributed by atoms with E-state index < -0.39 is 39.4 Å². The first kappa shape index (κ1) is 45.1. The number of fused-ring (bicyclic) bond motifs is 3. The number of Topliss-reactive ketones (excluding diaryl/α,β-unsaturated/α-hetero) is 1. The van der Waals surface area contributed by atoms with E-state index in [0.717, 1.165) is 52.9 Å². The van der Waals surface area contributed by atoms with Crippen molar-refractivity contribution < 1.29 is 36.7 Å². The maximum absolute atomic E-state index is 15.0. The number of hydrogen-bond acceptors (Lipinski definition) is 10. The zero-order valence-corrected chi connectivity index (χ0v) is 38.4. The minimum Gasteiger partial charge on any atom is -0.496 e. The number of allylic oxidation sites excluding steroid dienone is 2. The first-order valence-electron chi connectivity index (χ1n) is 22.2. The number of nitrogens with one attached hydrogen (secondary N) is 1. The van der Waals surface area contributed by atoms with E-state index in [1.165, 1.54) is 23.5 Å². The summed E-state index contributed by atoms with van der Waals surface area (Å²) >= 11 is 1.50. The van der Waals surface area contributed by atoms with Gasteiger partial charge in [-0.3, -0.25) is 19.1 Å². The van der Waals surface area contributed by atoms with Gasteiger partial charge >= 0.3 is 0 Å². The molecule has 2 aliphatic heterocycles. The van der Waals surface area contributed by atoms with E-state index in [1.54, 1.807) is 54.5 Å². The maximum atomic E-state index is 15.0. The van der Waals surface area contributed by atoms with Crippen LogP contribution < -0.4 is 14.2 Å². The molecule has 5 aromatic rings. The summed E-state index contributed by atoms with van der Waals surface area (Å²) in [5.74, 6) is -1.43. The van der Waals surface area contributed by atoms with Crippen LogP contribution in [0.2, 0.25) is 0 Å². The first-order valence-corrected chi connectivity index (χ1v) is 24.7. The van der Waals surface area contributed by atoms with Gasteiger partial charge in [0.1, 0.15) is 34.1 Å². The zero-order chi connectivity index (χ0) is 45.2. The molecule has 8 rings (SSSR count). The summed E-state index contributed by atoms with van der Waals surface area (Å²) in [5.41, 5.74) is 3.12. The predicted octanol–water partition coefficient (Wildman–Crippen LogP) is 9.28. The van der Waals surface area contributed by atoms with Crippen molar-refractivity contribution in [2.75, 3.05) is 13.7 Å². The number of ether oxygens (including phenoxy) is 2. The van der Waals surface area contributed by atoms with Crippen LogP contribution in [0.25, 0.3) is 21.6 Å². The Morgan fingerprint density at radius 3 is 2.52 bits per heavy atom. The standard InChI is InChI=1S/C50H55FN4O7S2/c1-31(2)41-29-63-47(53-41)40-25-45(39-21-22-44(61-4)32(3)46(39)52-40)62-38-24-42-43(56)27-50(49(58)54-64(59,60)30-34-13-9-8-10-14-34)26-36(50)16-12-7-5-6-11-15-35(48(57)55(42)28-38)23-33-17-19-37(51)20-18-33/h8-10,12-14,16-22,25,29,31,35-36,38,42H,5-7,11,15,23-24,26-28,30H2,1-4H3,(H,54,58)/b16-12-/t35-,36+,38-,42+,50-/m1/s1. The quantitative estimate of drug-likeness (QED) is 0.128. The number of thiazole rings is 1. The van der Waals surface area contributed by atoms with Gasteiger partial charge in [-0.15, -0.1) is 11.3 Å². The van der Waals surface area contributed by atoms with Crippen molar-refractivity contribution in [2.24, 2.45) is 17.3 Å². The van der Waals surface area contributed by atoms with Gasteiger partial charge in [0.2, 0.25) is 21.8 Å². The third-order valence-corrected chi connectivity index (χ3v) is 15.1. The second-order valence-corrected chi connectivity index (χ2v) is 20.5. The van der Waals surface area contributed by atoms with Gasteiger partial charge in [0.05, 0.1) is 42.1 Å². The highest BCUT2D eigenvalue weighted by molar-refractivity contribution is 7.89. The van der Waals surface area contributed by atoms with Crippen LogP contribution in [-0.2, 0) is 36.6 Å². The van der Waals surface area contributed by atoms with Gasteiger partial charge in [0.25, 0.3) is 0 Å². The normalized spacial score (nSPS) is 23.5. The summed E-state index contributed by atoms with van der Waals surface area (Å²) in [6.45, 7) is 6.21. The Balaban J connectivity index is 1.14. The van der Waals surface area contributed by atoms with E-state index in [-0.39, 0.29) is 54.5 Å². The van der Waals surface area contributed by atoms with Gasteiger partial charge in [-0.1, -0.05) is 81.3 Å². The number of benzene rings is 3. The summed E-state index contributed by atoms with van der Waals surface area (Å²) in [4.78, 5) is 55.7. The summed E-state index contributed by atoms with van der Waals surface area (Å²) in [6.07, 6.45) is 7.74. The van der Waals surface area contributed by atoms with Crippen molar-refractivity contribution >= 4 is 49.9 Å². The number of pyridine rings is 1. The van der Waals surface area contributed by atoms with Crippen LogP contribution in [0.1, 0.15) is 93.5 Å². The third-order valence-electron chi connectivity index (χ3n) is 13.0. The Kier molecular flexibility index (Phi) is 13.3. The molecule has 336 valence electrons. The molecule has 2 amide bonds. The lowest BCUT2D eigenvalue weighted by atomic mass is 9.90. The van der Waals surface area contributed by atoms with Crippen LogP contribution in [0.15, 0.2) is 90.3 Å². The zero-order valence-electron chi connectivity index (χ0n) is 36.7. The highest BCUT2D eigenvalue weighted by Crippen LogP contribution is 2.57. The molecule has 0 radical (unpaired) electrons. The van der Waals surface area contributed by atoms with Crippen molar-refractivity contribution in [1.29, 1.82) is 0 Å². The van der Waals surface area contributed by atoms with Crippen LogP contribution in [0, 0.1) is 30.0 Å². The molecule has 0 spiro atoms. The Bertz CT molecular complexity index is 2670. The highest BCUT2D eigenvalue weighted by Gasteiger charge is 2.61. The maximum Gasteiger partial charge on any atom is 0.240 e. The number of carbonyl (C=O) groups excluding carboxylic acids is 3. The second-order valence-electron chi connectivity index (χ2n) is 17.9. The summed E-state index contributed by atoms with van der Waals surface area (Å²) in [6, 6.07) is 19.5. The van der Waals surface area contributed by atoms with Gasteiger partial charge in [0, 0.05) is 41.2 Å². The SMILES string of the molecule is COc1ccc2c(O[C@@H]3C[C@H]4C(=O)C[C@]5(C(=O)NS(=O)(=O)Cc6ccccc6)C[C@@H]5/C=C\CCCCC[C@H](Cc5ccc(F)cc5)C(=O)N4C3)cc(-c3nc(C(C)C)cs3)nc2c1C. The molecule has 11 nitrogen and oxygen atoms in total. The van der Waals surface area contributed by atoms with Crippen molar-refractivity contribution in [3.05, 3.63) is 119 Å². The number of nitrogens with zero attached hydrogens (tertiary/aromatic N) is 3. The van der Waals surface area contributed by atoms with E-state index in [0.29, 0.717) is 47.5 Å². The molecule has 0 bridgehead atoms. The first-order chi connectivity index (χ1) is 30.7. The Morgan fingerprint density at radius 2 is 1.78 bits per heavy atom. The number of ketones is 1. The molecule has 0 unspecified atom stereocenters. The number of amides is 2. The lowest BCUT2D eigenvalue weighted by molar-refractivity contribution is -0.142. The molecular weight excluding hydrogens is 852 g/mol. The van der Waals surface area contributed by atoms with Gasteiger partial charge in [0.15, 0.2) is 5.78 Å². The van der Waals surface area contributed by atoms with Crippen LogP contribution >= 0.6 is 11.3 Å². The van der Waals surface area contributed by atoms with Crippen molar-refractivity contribution in [3.63, 3.8) is 0 Å². The molecule has 3 aliphatic rings. The number of sulfonamides is 1. The average Bonchev–Trinajstić information content (AvgIpc) is 3.54. The fourth-order valence-electron chi connectivity index (χ4n) is 9.26. The van der Waals surface area contributed by atoms with Gasteiger partial charge in [-0.05, 0) is 86.3 Å². The van der Waals surface area contributed by atoms with Crippen molar-refractivity contribution in [2.45, 2.75) is 102 Å². The van der Waals surface area contributed by atoms with E-state index in [4.69, 9.17) is 19.4 Å². The van der Waals surface area contributed by atoms with E-state index in [9.17, 15) is 22.4 Å². The number of aromatic nitrogens is 2. The molecule has 1 N–H and O–H groups in total. The molecule has 64 heavy (non-hydrogen) atoms. The number of rotatable bonds is 11. The molecule has 1 saturated heterocycles. The molecule has 2 fully saturated rings. The van der Waals surface area contributed by atoms with Gasteiger partial charge < -0.3 is 14.4 Å². The monoisotopic (exact) mass is 906 g/mol. The molecule has 2 aromatic heterocycles. The van der Waals surface area contributed by atoms with Crippen LogP contribution in [0.4, 0.5) is 4.39 Å². The number of hydrogen-bond donors (Lipinski definition) is 1. The number of halogens is 1. The lowest BCUT2D eigenvalue weighted by Crippen LogP contribution is -2.46. The molecule has 3 aromatic carbocycles. The second kappa shape index (κ2) is 18.9. The number of carbonyl (C=O) groups is 3. The Hall–Kier alpha value is -5.47. The number of aryl methyl sites for hydroxylation is 1. The van der Waals surface area contributed by atoms with E-state index >= 15 is 4.79 Å². The topological polar surface area (TPSA) is 145 Å².